The zero-order valence-electron chi connectivity index (χ0n) is 21.6. The predicted molar refractivity (Wildman–Crippen MR) is 147 cm³/mol. The third-order valence-corrected chi connectivity index (χ3v) is 7.26. The Morgan fingerprint density at radius 1 is 1.12 bits per heavy atom. The molecule has 0 unspecified atom stereocenters. The van der Waals surface area contributed by atoms with Crippen molar-refractivity contribution in [3.8, 4) is 11.5 Å². The lowest BCUT2D eigenvalue weighted by molar-refractivity contribution is 0.0683. The molecule has 1 aliphatic heterocycles. The van der Waals surface area contributed by atoms with Gasteiger partial charge in [-0.15, -0.1) is 5.10 Å². The summed E-state index contributed by atoms with van der Waals surface area (Å²) in [6, 6.07) is 9.93. The molecular weight excluding hydrogens is 515 g/mol. The first-order valence-electron chi connectivity index (χ1n) is 12.7. The maximum Gasteiger partial charge on any atom is 0.352 e. The smallest absolute Gasteiger partial charge is 0.352 e. The van der Waals surface area contributed by atoms with Gasteiger partial charge >= 0.3 is 5.97 Å². The van der Waals surface area contributed by atoms with E-state index >= 15 is 0 Å². The lowest BCUT2D eigenvalue weighted by Gasteiger charge is -2.36. The number of aromatic nitrogens is 6. The Morgan fingerprint density at radius 3 is 2.60 bits per heavy atom. The van der Waals surface area contributed by atoms with Crippen LogP contribution >= 0.6 is 0 Å². The number of nitrogens with two attached hydrogens (primary N) is 1. The second-order valence-electron chi connectivity index (χ2n) is 9.56. The lowest BCUT2D eigenvalue weighted by atomic mass is 10.2. The fourth-order valence-corrected chi connectivity index (χ4v) is 5.28. The number of piperazine rings is 1. The van der Waals surface area contributed by atoms with Crippen LogP contribution in [0.2, 0.25) is 0 Å². The van der Waals surface area contributed by atoms with Gasteiger partial charge < -0.3 is 20.3 Å². The number of carboxylic acids is 1. The van der Waals surface area contributed by atoms with Crippen LogP contribution in [0.15, 0.2) is 42.6 Å². The Kier molecular flexibility index (Phi) is 6.24. The second-order valence-corrected chi connectivity index (χ2v) is 9.56. The quantitative estimate of drug-likeness (QED) is 0.311. The number of fused-ring (bicyclic) bond motifs is 3. The van der Waals surface area contributed by atoms with Gasteiger partial charge in [-0.2, -0.15) is 9.50 Å². The van der Waals surface area contributed by atoms with E-state index in [1.54, 1.807) is 42.0 Å². The first-order valence-corrected chi connectivity index (χ1v) is 12.7. The van der Waals surface area contributed by atoms with Crippen molar-refractivity contribution in [2.75, 3.05) is 43.4 Å². The first kappa shape index (κ1) is 25.2. The predicted octanol–water partition coefficient (Wildman–Crippen LogP) is 3.24. The van der Waals surface area contributed by atoms with Crippen LogP contribution in [-0.2, 0) is 6.54 Å². The highest BCUT2D eigenvalue weighted by Crippen LogP contribution is 2.30. The highest BCUT2D eigenvalue weighted by Gasteiger charge is 2.27. The maximum absolute atomic E-state index is 14.5. The van der Waals surface area contributed by atoms with Gasteiger partial charge in [0.05, 0.1) is 17.6 Å². The number of anilines is 2. The van der Waals surface area contributed by atoms with Crippen LogP contribution < -0.4 is 10.6 Å². The Bertz CT molecular complexity index is 1800. The number of benzene rings is 1. The molecule has 5 heterocycles. The summed E-state index contributed by atoms with van der Waals surface area (Å²) >= 11 is 0. The molecule has 1 aromatic carbocycles. The molecule has 0 saturated carbocycles. The zero-order valence-corrected chi connectivity index (χ0v) is 21.6. The van der Waals surface area contributed by atoms with E-state index in [1.807, 2.05) is 11.0 Å². The first-order chi connectivity index (χ1) is 19.4. The number of halogens is 1. The fraction of sp³-hybridized carbons (Fsp3) is 0.259. The average Bonchev–Trinajstić information content (AvgIpc) is 3.52. The molecule has 5 aromatic rings. The van der Waals surface area contributed by atoms with E-state index in [2.05, 4.69) is 29.8 Å². The number of rotatable bonds is 6. The summed E-state index contributed by atoms with van der Waals surface area (Å²) in [5.41, 5.74) is 9.08. The minimum absolute atomic E-state index is 0.0905. The summed E-state index contributed by atoms with van der Waals surface area (Å²) in [5.74, 6) is -1.02. The van der Waals surface area contributed by atoms with Gasteiger partial charge in [-0.1, -0.05) is 12.1 Å². The van der Waals surface area contributed by atoms with Crippen molar-refractivity contribution in [1.82, 2.24) is 34.0 Å². The minimum atomic E-state index is -1.07. The number of pyridine rings is 1. The molecule has 1 saturated heterocycles. The van der Waals surface area contributed by atoms with E-state index in [4.69, 9.17) is 12.3 Å². The van der Waals surface area contributed by atoms with Crippen LogP contribution in [0.1, 0.15) is 16.1 Å². The largest absolute Gasteiger partial charge is 0.477 e. The molecule has 13 heteroatoms. The summed E-state index contributed by atoms with van der Waals surface area (Å²) in [6.07, 6.45) is 1.64. The van der Waals surface area contributed by atoms with Crippen molar-refractivity contribution in [3.63, 3.8) is 0 Å². The van der Waals surface area contributed by atoms with Crippen LogP contribution in [0.4, 0.5) is 21.7 Å². The summed E-state index contributed by atoms with van der Waals surface area (Å²) in [7, 11) is 0. The van der Waals surface area contributed by atoms with Crippen molar-refractivity contribution < 1.29 is 14.3 Å². The molecule has 1 aliphatic rings. The molecule has 0 radical (unpaired) electrons. The number of aryl methyl sites for hydroxylation is 1. The van der Waals surface area contributed by atoms with E-state index in [1.165, 1.54) is 10.6 Å². The van der Waals surface area contributed by atoms with E-state index in [0.717, 1.165) is 0 Å². The SMILES string of the molecule is [C-]#[N+]c1ccc(N2CCN(CCn3c(C(=O)O)c(C)c4c3nc(N)n3nc(-c5ccccn5)nc43)CC2)c(F)c1. The summed E-state index contributed by atoms with van der Waals surface area (Å²) in [5, 5.41) is 15.2. The summed E-state index contributed by atoms with van der Waals surface area (Å²) in [4.78, 5) is 33.3. The van der Waals surface area contributed by atoms with Crippen LogP contribution in [0.5, 0.6) is 0 Å². The Balaban J connectivity index is 1.28. The highest BCUT2D eigenvalue weighted by atomic mass is 19.1. The van der Waals surface area contributed by atoms with Gasteiger partial charge in [0, 0.05) is 45.5 Å². The molecular formula is C27H25FN10O2. The molecule has 40 heavy (non-hydrogen) atoms. The van der Waals surface area contributed by atoms with Gasteiger partial charge in [0.25, 0.3) is 0 Å². The van der Waals surface area contributed by atoms with Crippen molar-refractivity contribution >= 4 is 40.0 Å². The average molecular weight is 541 g/mol. The number of nitrogen functional groups attached to an aromatic ring is 1. The summed E-state index contributed by atoms with van der Waals surface area (Å²) < 4.78 is 17.6. The molecule has 0 spiro atoms. The Morgan fingerprint density at radius 2 is 1.93 bits per heavy atom. The topological polar surface area (TPSA) is 135 Å². The third kappa shape index (κ3) is 4.24. The Hall–Kier alpha value is -5.09. The lowest BCUT2D eigenvalue weighted by Crippen LogP contribution is -2.47. The van der Waals surface area contributed by atoms with E-state index in [-0.39, 0.29) is 17.3 Å². The van der Waals surface area contributed by atoms with Crippen LogP contribution in [0, 0.1) is 19.3 Å². The monoisotopic (exact) mass is 540 g/mol. The normalized spacial score (nSPS) is 14.2. The standard InChI is InChI=1S/C27H25FN10O2/c1-16-21-24(33-27(29)38-25(21)32-23(34-38)19-5-3-4-8-31-19)37(22(16)26(39)40)14-11-35-9-12-36(13-10-35)20-7-6-17(30-2)15-18(20)28/h3-8,15H,9-14H2,1H3,(H2,29,33)(H,39,40). The number of nitrogens with zero attached hydrogens (tertiary/aromatic N) is 9. The van der Waals surface area contributed by atoms with Crippen LogP contribution in [-0.4, -0.2) is 77.8 Å². The van der Waals surface area contributed by atoms with Crippen LogP contribution in [0.25, 0.3) is 33.0 Å². The van der Waals surface area contributed by atoms with Gasteiger partial charge in [-0.3, -0.25) is 9.88 Å². The van der Waals surface area contributed by atoms with Crippen molar-refractivity contribution in [2.24, 2.45) is 0 Å². The second kappa shape index (κ2) is 9.90. The molecule has 12 nitrogen and oxygen atoms in total. The van der Waals surface area contributed by atoms with Gasteiger partial charge in [-0.25, -0.2) is 19.0 Å². The number of hydrogen-bond acceptors (Lipinski definition) is 8. The van der Waals surface area contributed by atoms with Gasteiger partial charge in [0.1, 0.15) is 22.9 Å². The molecule has 0 amide bonds. The molecule has 6 rings (SSSR count). The minimum Gasteiger partial charge on any atom is -0.477 e. The van der Waals surface area contributed by atoms with Crippen molar-refractivity contribution in [2.45, 2.75) is 13.5 Å². The number of carbonyl (C=O) groups is 1. The van der Waals surface area contributed by atoms with Gasteiger partial charge in [0.2, 0.25) is 11.8 Å². The molecule has 3 N–H and O–H groups in total. The van der Waals surface area contributed by atoms with Gasteiger partial charge in [0.15, 0.2) is 11.3 Å². The number of carboxylic acid groups (broad SMARTS) is 1. The van der Waals surface area contributed by atoms with Crippen molar-refractivity contribution in [1.29, 1.82) is 0 Å². The van der Waals surface area contributed by atoms with Crippen LogP contribution in [0.3, 0.4) is 0 Å². The Labute approximate surface area is 227 Å². The zero-order chi connectivity index (χ0) is 28.0. The summed E-state index contributed by atoms with van der Waals surface area (Å²) in [6.45, 7) is 12.3. The molecule has 0 bridgehead atoms. The fourth-order valence-electron chi connectivity index (χ4n) is 5.28. The van der Waals surface area contributed by atoms with E-state index in [9.17, 15) is 14.3 Å². The van der Waals surface area contributed by atoms with E-state index in [0.29, 0.717) is 78.7 Å². The van der Waals surface area contributed by atoms with Crippen molar-refractivity contribution in [3.05, 3.63) is 71.1 Å². The van der Waals surface area contributed by atoms with Gasteiger partial charge in [-0.05, 0) is 36.8 Å². The number of hydrogen-bond donors (Lipinski definition) is 2. The maximum atomic E-state index is 14.5. The highest BCUT2D eigenvalue weighted by molar-refractivity contribution is 6.02. The molecule has 0 aliphatic carbocycles. The molecule has 4 aromatic heterocycles. The molecule has 0 atom stereocenters. The third-order valence-electron chi connectivity index (χ3n) is 7.26. The number of aromatic carboxylic acids is 1. The molecule has 1 fully saturated rings. The molecule has 202 valence electrons. The van der Waals surface area contributed by atoms with E-state index < -0.39 is 11.8 Å².